The van der Waals surface area contributed by atoms with Gasteiger partial charge in [-0.25, -0.2) is 9.50 Å². The average Bonchev–Trinajstić information content (AvgIpc) is 3.33. The van der Waals surface area contributed by atoms with Gasteiger partial charge in [-0.1, -0.05) is 12.1 Å². The van der Waals surface area contributed by atoms with Gasteiger partial charge in [0, 0.05) is 13.1 Å². The van der Waals surface area contributed by atoms with E-state index in [1.807, 2.05) is 30.3 Å². The second-order valence-corrected chi connectivity index (χ2v) is 6.23. The minimum Gasteiger partial charge on any atom is -0.497 e. The van der Waals surface area contributed by atoms with Crippen molar-refractivity contribution >= 4 is 11.3 Å². The summed E-state index contributed by atoms with van der Waals surface area (Å²) in [5.74, 6) is 1.68. The molecule has 0 spiro atoms. The zero-order chi connectivity index (χ0) is 17.9. The molecule has 1 unspecified atom stereocenters. The molecule has 1 saturated heterocycles. The van der Waals surface area contributed by atoms with Crippen LogP contribution in [-0.2, 0) is 11.3 Å². The van der Waals surface area contributed by atoms with Crippen molar-refractivity contribution in [1.82, 2.24) is 14.6 Å². The highest BCUT2D eigenvalue weighted by Gasteiger charge is 2.26. The predicted molar refractivity (Wildman–Crippen MR) is 96.1 cm³/mol. The Morgan fingerprint density at radius 2 is 2.23 bits per heavy atom. The quantitative estimate of drug-likeness (QED) is 0.704. The van der Waals surface area contributed by atoms with Crippen LogP contribution >= 0.6 is 0 Å². The van der Waals surface area contributed by atoms with Crippen LogP contribution in [-0.4, -0.2) is 40.9 Å². The van der Waals surface area contributed by atoms with Gasteiger partial charge in [0.05, 0.1) is 19.8 Å². The predicted octanol–water partition coefficient (Wildman–Crippen LogP) is 2.41. The number of rotatable bonds is 5. The Bertz CT molecular complexity index is 962. The number of nitriles is 1. The second kappa shape index (κ2) is 7.02. The fourth-order valence-corrected chi connectivity index (χ4v) is 3.28. The van der Waals surface area contributed by atoms with Crippen LogP contribution in [0, 0.1) is 11.3 Å². The maximum Gasteiger partial charge on any atom is 0.156 e. The summed E-state index contributed by atoms with van der Waals surface area (Å²) in [7, 11) is 1.66. The standard InChI is InChI=1S/C19H19N5O2/c1-25-16-4-2-3-14(9-16)12-26-17-7-8-23(11-17)19-18-6-5-15(10-20)24(18)22-13-21-19/h2-6,9,13,17H,7-8,11-12H2,1H3. The first-order valence-corrected chi connectivity index (χ1v) is 8.51. The van der Waals surface area contributed by atoms with Crippen LogP contribution in [0.15, 0.2) is 42.7 Å². The largest absolute Gasteiger partial charge is 0.497 e. The van der Waals surface area contributed by atoms with Crippen molar-refractivity contribution in [1.29, 1.82) is 5.26 Å². The molecule has 0 radical (unpaired) electrons. The van der Waals surface area contributed by atoms with Crippen LogP contribution in [0.25, 0.3) is 5.52 Å². The van der Waals surface area contributed by atoms with Gasteiger partial charge < -0.3 is 14.4 Å². The van der Waals surface area contributed by atoms with Crippen molar-refractivity contribution in [3.63, 3.8) is 0 Å². The van der Waals surface area contributed by atoms with Crippen LogP contribution in [0.1, 0.15) is 17.7 Å². The number of nitrogens with zero attached hydrogens (tertiary/aromatic N) is 5. The molecule has 1 fully saturated rings. The summed E-state index contributed by atoms with van der Waals surface area (Å²) in [5.41, 5.74) is 2.45. The van der Waals surface area contributed by atoms with Gasteiger partial charge in [0.1, 0.15) is 29.4 Å². The van der Waals surface area contributed by atoms with E-state index >= 15 is 0 Å². The van der Waals surface area contributed by atoms with E-state index in [4.69, 9.17) is 14.7 Å². The van der Waals surface area contributed by atoms with Gasteiger partial charge in [-0.05, 0) is 36.2 Å². The summed E-state index contributed by atoms with van der Waals surface area (Å²) >= 11 is 0. The molecule has 3 heterocycles. The molecule has 1 atom stereocenters. The maximum atomic E-state index is 9.16. The van der Waals surface area contributed by atoms with E-state index in [0.717, 1.165) is 42.2 Å². The monoisotopic (exact) mass is 349 g/mol. The Kier molecular flexibility index (Phi) is 4.42. The summed E-state index contributed by atoms with van der Waals surface area (Å²) in [6, 6.07) is 13.7. The number of benzene rings is 1. The van der Waals surface area contributed by atoms with Crippen molar-refractivity contribution in [3.8, 4) is 11.8 Å². The van der Waals surface area contributed by atoms with E-state index in [9.17, 15) is 0 Å². The van der Waals surface area contributed by atoms with Gasteiger partial charge in [-0.2, -0.15) is 10.4 Å². The molecule has 3 aromatic rings. The molecule has 1 aromatic carbocycles. The minimum atomic E-state index is 0.140. The fourth-order valence-electron chi connectivity index (χ4n) is 3.28. The molecule has 26 heavy (non-hydrogen) atoms. The first kappa shape index (κ1) is 16.4. The molecule has 7 nitrogen and oxygen atoms in total. The zero-order valence-electron chi connectivity index (χ0n) is 14.5. The summed E-state index contributed by atoms with van der Waals surface area (Å²) in [5, 5.41) is 13.3. The summed E-state index contributed by atoms with van der Waals surface area (Å²) in [4.78, 5) is 6.61. The van der Waals surface area contributed by atoms with Crippen LogP contribution in [0.4, 0.5) is 5.82 Å². The topological polar surface area (TPSA) is 75.7 Å². The summed E-state index contributed by atoms with van der Waals surface area (Å²) in [6.45, 7) is 2.19. The second-order valence-electron chi connectivity index (χ2n) is 6.23. The number of aromatic nitrogens is 3. The number of fused-ring (bicyclic) bond motifs is 1. The van der Waals surface area contributed by atoms with Crippen LogP contribution < -0.4 is 9.64 Å². The SMILES string of the molecule is COc1cccc(COC2CCN(c3ncnn4c(C#N)ccc34)C2)c1. The molecule has 0 N–H and O–H groups in total. The Labute approximate surface area is 151 Å². The lowest BCUT2D eigenvalue weighted by Crippen LogP contribution is -2.24. The lowest BCUT2D eigenvalue weighted by Gasteiger charge is -2.18. The van der Waals surface area contributed by atoms with E-state index < -0.39 is 0 Å². The summed E-state index contributed by atoms with van der Waals surface area (Å²) < 4.78 is 13.0. The Morgan fingerprint density at radius 3 is 3.08 bits per heavy atom. The third-order valence-electron chi connectivity index (χ3n) is 4.61. The molecular formula is C19H19N5O2. The molecule has 0 aliphatic carbocycles. The molecule has 2 aromatic heterocycles. The van der Waals surface area contributed by atoms with Gasteiger partial charge in [-0.3, -0.25) is 0 Å². The van der Waals surface area contributed by atoms with Crippen LogP contribution in [0.2, 0.25) is 0 Å². The summed E-state index contributed by atoms with van der Waals surface area (Å²) in [6.07, 6.45) is 2.57. The average molecular weight is 349 g/mol. The number of ether oxygens (including phenoxy) is 2. The van der Waals surface area contributed by atoms with Crippen LogP contribution in [0.3, 0.4) is 0 Å². The number of methoxy groups -OCH3 is 1. The van der Waals surface area contributed by atoms with Gasteiger partial charge in [0.2, 0.25) is 0 Å². The van der Waals surface area contributed by atoms with Gasteiger partial charge in [0.15, 0.2) is 5.82 Å². The highest BCUT2D eigenvalue weighted by atomic mass is 16.5. The molecule has 0 saturated carbocycles. The molecule has 132 valence electrons. The van der Waals surface area contributed by atoms with Crippen molar-refractivity contribution in [3.05, 3.63) is 54.0 Å². The third kappa shape index (κ3) is 3.07. The lowest BCUT2D eigenvalue weighted by atomic mass is 10.2. The molecule has 0 amide bonds. The normalized spacial score (nSPS) is 16.8. The molecule has 1 aliphatic heterocycles. The number of hydrogen-bond acceptors (Lipinski definition) is 6. The first-order chi connectivity index (χ1) is 12.8. The Balaban J connectivity index is 1.44. The van der Waals surface area contributed by atoms with E-state index in [0.29, 0.717) is 12.3 Å². The molecule has 4 rings (SSSR count). The van der Waals surface area contributed by atoms with E-state index in [-0.39, 0.29) is 6.10 Å². The Morgan fingerprint density at radius 1 is 1.31 bits per heavy atom. The van der Waals surface area contributed by atoms with Gasteiger partial charge in [-0.15, -0.1) is 0 Å². The van der Waals surface area contributed by atoms with Crippen molar-refractivity contribution in [2.45, 2.75) is 19.1 Å². The maximum absolute atomic E-state index is 9.16. The third-order valence-corrected chi connectivity index (χ3v) is 4.61. The highest BCUT2D eigenvalue weighted by molar-refractivity contribution is 5.70. The van der Waals surface area contributed by atoms with Gasteiger partial charge in [0.25, 0.3) is 0 Å². The minimum absolute atomic E-state index is 0.140. The van der Waals surface area contributed by atoms with Crippen molar-refractivity contribution < 1.29 is 9.47 Å². The van der Waals surface area contributed by atoms with E-state index in [1.54, 1.807) is 17.7 Å². The lowest BCUT2D eigenvalue weighted by molar-refractivity contribution is 0.0552. The zero-order valence-corrected chi connectivity index (χ0v) is 14.5. The van der Waals surface area contributed by atoms with Gasteiger partial charge >= 0.3 is 0 Å². The number of anilines is 1. The van der Waals surface area contributed by atoms with Crippen molar-refractivity contribution in [2.75, 3.05) is 25.1 Å². The van der Waals surface area contributed by atoms with E-state index in [1.165, 1.54) is 6.33 Å². The smallest absolute Gasteiger partial charge is 0.156 e. The van der Waals surface area contributed by atoms with Crippen molar-refractivity contribution in [2.24, 2.45) is 0 Å². The van der Waals surface area contributed by atoms with Crippen LogP contribution in [0.5, 0.6) is 5.75 Å². The molecule has 7 heteroatoms. The molecular weight excluding hydrogens is 330 g/mol. The van der Waals surface area contributed by atoms with E-state index in [2.05, 4.69) is 21.1 Å². The highest BCUT2D eigenvalue weighted by Crippen LogP contribution is 2.25. The number of hydrogen-bond donors (Lipinski definition) is 0. The molecule has 1 aliphatic rings. The first-order valence-electron chi connectivity index (χ1n) is 8.51. The molecule has 0 bridgehead atoms. The Hall–Kier alpha value is -3.11. The fraction of sp³-hybridized carbons (Fsp3) is 0.316.